The molecule has 0 bridgehead atoms. The Bertz CT molecular complexity index is 1040. The van der Waals surface area contributed by atoms with Crippen molar-refractivity contribution in [2.24, 2.45) is 12.8 Å². The van der Waals surface area contributed by atoms with Gasteiger partial charge >= 0.3 is 0 Å². The third kappa shape index (κ3) is 2.51. The highest BCUT2D eigenvalue weighted by atomic mass is 35.5. The van der Waals surface area contributed by atoms with Crippen molar-refractivity contribution in [3.63, 3.8) is 0 Å². The lowest BCUT2D eigenvalue weighted by Gasteiger charge is -2.13. The zero-order chi connectivity index (χ0) is 17.7. The summed E-state index contributed by atoms with van der Waals surface area (Å²) >= 11 is 5.98. The predicted molar refractivity (Wildman–Crippen MR) is 92.9 cm³/mol. The number of pyridine rings is 1. The fourth-order valence-electron chi connectivity index (χ4n) is 2.88. The van der Waals surface area contributed by atoms with Crippen molar-refractivity contribution in [2.45, 2.75) is 6.17 Å². The first kappa shape index (κ1) is 15.8. The predicted octanol–water partition coefficient (Wildman–Crippen LogP) is 1.92. The summed E-state index contributed by atoms with van der Waals surface area (Å²) in [5, 5.41) is 4.68. The summed E-state index contributed by atoms with van der Waals surface area (Å²) in [5.41, 5.74) is 13.4. The number of aromatic nitrogens is 3. The van der Waals surface area contributed by atoms with Crippen LogP contribution < -0.4 is 22.1 Å². The van der Waals surface area contributed by atoms with E-state index in [1.807, 2.05) is 0 Å². The molecule has 1 aliphatic heterocycles. The molecule has 3 heterocycles. The average molecular weight is 361 g/mol. The van der Waals surface area contributed by atoms with Crippen LogP contribution in [0.25, 0.3) is 16.9 Å². The zero-order valence-corrected chi connectivity index (χ0v) is 13.9. The molecule has 9 heteroatoms. The molecule has 0 aliphatic carbocycles. The Kier molecular flexibility index (Phi) is 3.60. The number of nitrogens with two attached hydrogens (primary N) is 1. The van der Waals surface area contributed by atoms with Crippen LogP contribution in [0.1, 0.15) is 11.7 Å². The van der Waals surface area contributed by atoms with Crippen LogP contribution in [0.3, 0.4) is 0 Å². The molecule has 0 saturated heterocycles. The van der Waals surface area contributed by atoms with Gasteiger partial charge in [-0.2, -0.15) is 5.10 Å². The Morgan fingerprint density at radius 3 is 2.88 bits per heavy atom. The lowest BCUT2D eigenvalue weighted by atomic mass is 10.1. The van der Waals surface area contributed by atoms with Gasteiger partial charge in [-0.3, -0.25) is 14.0 Å². The fourth-order valence-corrected chi connectivity index (χ4v) is 3.05. The molecule has 0 spiro atoms. The fraction of sp³-hybridized carbons (Fsp3) is 0.125. The van der Waals surface area contributed by atoms with Gasteiger partial charge in [0.05, 0.1) is 22.6 Å². The van der Waals surface area contributed by atoms with Crippen LogP contribution in [0, 0.1) is 5.82 Å². The largest absolute Gasteiger partial charge is 0.318 e. The number of benzene rings is 1. The molecule has 1 aliphatic rings. The topological polar surface area (TPSA) is 89.9 Å². The zero-order valence-electron chi connectivity index (χ0n) is 13.1. The summed E-state index contributed by atoms with van der Waals surface area (Å²) in [7, 11) is 1.79. The molecule has 0 saturated carbocycles. The number of aryl methyl sites for hydroxylation is 1. The summed E-state index contributed by atoms with van der Waals surface area (Å²) in [5.74, 6) is -0.564. The molecule has 1 unspecified atom stereocenters. The number of hydrogen-bond acceptors (Lipinski definition) is 5. The molecule has 0 fully saturated rings. The van der Waals surface area contributed by atoms with Gasteiger partial charge in [-0.1, -0.05) is 11.6 Å². The van der Waals surface area contributed by atoms with Crippen molar-refractivity contribution in [2.75, 3.05) is 5.43 Å². The van der Waals surface area contributed by atoms with Crippen molar-refractivity contribution in [3.05, 3.63) is 63.4 Å². The van der Waals surface area contributed by atoms with Gasteiger partial charge in [0.1, 0.15) is 12.0 Å². The number of nitrogens with one attached hydrogen (secondary N) is 2. The molecule has 25 heavy (non-hydrogen) atoms. The third-order valence-electron chi connectivity index (χ3n) is 4.07. The molecular formula is C16H14ClFN6O. The minimum Gasteiger partial charge on any atom is -0.318 e. The van der Waals surface area contributed by atoms with Crippen molar-refractivity contribution < 1.29 is 4.39 Å². The Hall–Kier alpha value is -2.68. The molecule has 0 radical (unpaired) electrons. The summed E-state index contributed by atoms with van der Waals surface area (Å²) in [4.78, 5) is 12.9. The summed E-state index contributed by atoms with van der Waals surface area (Å²) in [6, 6.07) is 5.83. The van der Waals surface area contributed by atoms with Gasteiger partial charge < -0.3 is 11.2 Å². The summed E-state index contributed by atoms with van der Waals surface area (Å²) in [6.07, 6.45) is 2.59. The van der Waals surface area contributed by atoms with Gasteiger partial charge in [0.15, 0.2) is 0 Å². The molecule has 128 valence electrons. The molecule has 1 atom stereocenters. The first-order chi connectivity index (χ1) is 12.0. The average Bonchev–Trinajstić information content (AvgIpc) is 3.17. The van der Waals surface area contributed by atoms with Crippen molar-refractivity contribution in [1.82, 2.24) is 19.8 Å². The van der Waals surface area contributed by atoms with E-state index >= 15 is 0 Å². The van der Waals surface area contributed by atoms with E-state index in [1.54, 1.807) is 24.0 Å². The van der Waals surface area contributed by atoms with E-state index in [0.717, 1.165) is 0 Å². The normalized spacial score (nSPS) is 15.9. The van der Waals surface area contributed by atoms with E-state index in [0.29, 0.717) is 27.5 Å². The van der Waals surface area contributed by atoms with Crippen LogP contribution in [-0.4, -0.2) is 14.3 Å². The van der Waals surface area contributed by atoms with Crippen molar-refractivity contribution >= 4 is 17.3 Å². The molecular weight excluding hydrogens is 347 g/mol. The number of hydrazine groups is 1. The SMILES string of the molecule is Cn1ccc(-c2cn(-c3cc(Cl)ccc3F)c(=O)c3c2NNC3N)n1. The second-order valence-corrected chi connectivity index (χ2v) is 6.16. The van der Waals surface area contributed by atoms with E-state index in [4.69, 9.17) is 17.3 Å². The number of nitrogens with zero attached hydrogens (tertiary/aromatic N) is 3. The van der Waals surface area contributed by atoms with Gasteiger partial charge in [0.2, 0.25) is 0 Å². The third-order valence-corrected chi connectivity index (χ3v) is 4.30. The Morgan fingerprint density at radius 2 is 2.16 bits per heavy atom. The van der Waals surface area contributed by atoms with Gasteiger partial charge in [-0.05, 0) is 24.3 Å². The first-order valence-electron chi connectivity index (χ1n) is 7.48. The summed E-state index contributed by atoms with van der Waals surface area (Å²) in [6.45, 7) is 0. The van der Waals surface area contributed by atoms with E-state index in [2.05, 4.69) is 16.0 Å². The van der Waals surface area contributed by atoms with Crippen LogP contribution in [0.4, 0.5) is 10.1 Å². The number of halogens is 2. The van der Waals surface area contributed by atoms with Crippen LogP contribution in [0.2, 0.25) is 5.02 Å². The Morgan fingerprint density at radius 1 is 1.36 bits per heavy atom. The van der Waals surface area contributed by atoms with Crippen molar-refractivity contribution in [1.29, 1.82) is 0 Å². The van der Waals surface area contributed by atoms with Gasteiger partial charge in [0.25, 0.3) is 5.56 Å². The Balaban J connectivity index is 2.05. The molecule has 7 nitrogen and oxygen atoms in total. The quantitative estimate of drug-likeness (QED) is 0.649. The van der Waals surface area contributed by atoms with E-state index in [9.17, 15) is 9.18 Å². The second-order valence-electron chi connectivity index (χ2n) is 5.72. The molecule has 4 rings (SSSR count). The number of hydrogen-bond donors (Lipinski definition) is 3. The van der Waals surface area contributed by atoms with Crippen molar-refractivity contribution in [3.8, 4) is 16.9 Å². The maximum atomic E-state index is 14.3. The minimum absolute atomic E-state index is 0.0524. The molecule has 4 N–H and O–H groups in total. The van der Waals surface area contributed by atoms with Gasteiger partial charge in [-0.15, -0.1) is 0 Å². The number of rotatable bonds is 2. The highest BCUT2D eigenvalue weighted by Crippen LogP contribution is 2.34. The maximum absolute atomic E-state index is 14.3. The van der Waals surface area contributed by atoms with E-state index < -0.39 is 17.5 Å². The number of fused-ring (bicyclic) bond motifs is 1. The minimum atomic E-state index is -0.723. The first-order valence-corrected chi connectivity index (χ1v) is 7.85. The standard InChI is InChI=1S/C16H14ClFN6O/c1-23-5-4-11(22-23)9-7-24(12-6-8(17)2-3-10(12)18)16(25)13-14(9)20-21-15(13)19/h2-7,15,20-21H,19H2,1H3. The maximum Gasteiger partial charge on any atom is 0.263 e. The van der Waals surface area contributed by atoms with Gasteiger partial charge in [0, 0.05) is 30.0 Å². The van der Waals surface area contributed by atoms with Crippen LogP contribution in [0.5, 0.6) is 0 Å². The van der Waals surface area contributed by atoms with Crippen LogP contribution in [0.15, 0.2) is 41.5 Å². The summed E-state index contributed by atoms with van der Waals surface area (Å²) < 4.78 is 17.2. The second kappa shape index (κ2) is 5.69. The van der Waals surface area contributed by atoms with E-state index in [1.165, 1.54) is 29.0 Å². The molecule has 1 aromatic carbocycles. The number of anilines is 1. The Labute approximate surface area is 146 Å². The lowest BCUT2D eigenvalue weighted by Crippen LogP contribution is -2.30. The monoisotopic (exact) mass is 360 g/mol. The lowest BCUT2D eigenvalue weighted by molar-refractivity contribution is 0.612. The molecule has 3 aromatic rings. The highest BCUT2D eigenvalue weighted by molar-refractivity contribution is 6.30. The van der Waals surface area contributed by atoms with Crippen LogP contribution in [-0.2, 0) is 7.05 Å². The highest BCUT2D eigenvalue weighted by Gasteiger charge is 2.28. The van der Waals surface area contributed by atoms with Gasteiger partial charge in [-0.25, -0.2) is 9.82 Å². The van der Waals surface area contributed by atoms with E-state index in [-0.39, 0.29) is 5.69 Å². The molecule has 0 amide bonds. The van der Waals surface area contributed by atoms with Crippen LogP contribution >= 0.6 is 11.6 Å². The molecule has 2 aromatic heterocycles. The smallest absolute Gasteiger partial charge is 0.263 e.